The summed E-state index contributed by atoms with van der Waals surface area (Å²) in [6.45, 7) is 4.56. The number of rotatable bonds is 2. The molecule has 2 heteroatoms. The summed E-state index contributed by atoms with van der Waals surface area (Å²) < 4.78 is 0. The minimum atomic E-state index is 0.00111. The summed E-state index contributed by atoms with van der Waals surface area (Å²) in [5.74, 6) is 0.00111. The fourth-order valence-corrected chi connectivity index (χ4v) is 1.05. The first-order valence-corrected chi connectivity index (χ1v) is 4.09. The summed E-state index contributed by atoms with van der Waals surface area (Å²) in [6, 6.07) is 7.56. The van der Waals surface area contributed by atoms with Crippen LogP contribution in [0.25, 0.3) is 0 Å². The average Bonchev–Trinajstić information content (AvgIpc) is 2.05. The van der Waals surface area contributed by atoms with E-state index in [1.807, 2.05) is 38.1 Å². The van der Waals surface area contributed by atoms with Gasteiger partial charge in [0.05, 0.1) is 0 Å². The van der Waals surface area contributed by atoms with Gasteiger partial charge in [-0.05, 0) is 26.0 Å². The lowest BCUT2D eigenvalue weighted by Gasteiger charge is -2.01. The maximum atomic E-state index is 11.3. The Hall–Kier alpha value is -1.31. The number of amides is 1. The van der Waals surface area contributed by atoms with Gasteiger partial charge < -0.3 is 5.32 Å². The Bertz CT molecular complexity index is 281. The third-order valence-electron chi connectivity index (χ3n) is 1.62. The number of carbonyl (C=O) groups excluding carboxylic acids is 1. The minimum Gasteiger partial charge on any atom is -0.352 e. The molecular weight excluding hydrogens is 150 g/mol. The lowest BCUT2D eigenvalue weighted by Crippen LogP contribution is -2.22. The highest BCUT2D eigenvalue weighted by Crippen LogP contribution is 2.02. The van der Waals surface area contributed by atoms with Gasteiger partial charge in [0, 0.05) is 12.1 Å². The Morgan fingerprint density at radius 2 is 2.25 bits per heavy atom. The molecule has 0 atom stereocenters. The zero-order valence-electron chi connectivity index (χ0n) is 7.42. The van der Waals surface area contributed by atoms with Gasteiger partial charge >= 0.3 is 0 Å². The van der Waals surface area contributed by atoms with Crippen molar-refractivity contribution in [2.24, 2.45) is 0 Å². The molecule has 12 heavy (non-hydrogen) atoms. The second kappa shape index (κ2) is 3.90. The highest BCUT2D eigenvalue weighted by atomic mass is 16.1. The molecule has 0 saturated heterocycles. The molecule has 64 valence electrons. The number of benzene rings is 1. The highest BCUT2D eigenvalue weighted by molar-refractivity contribution is 5.94. The molecule has 0 fully saturated rings. The number of hydrogen-bond acceptors (Lipinski definition) is 1. The standard InChI is InChI=1S/C10H13NO/c1-3-11-10(12)9-6-4-5-8(2)7-9/h4-7H,3H2,1-2H3,(H,11,12). The van der Waals surface area contributed by atoms with E-state index in [1.54, 1.807) is 0 Å². The van der Waals surface area contributed by atoms with Crippen molar-refractivity contribution in [3.8, 4) is 0 Å². The molecule has 0 aromatic heterocycles. The van der Waals surface area contributed by atoms with Gasteiger partial charge in [-0.1, -0.05) is 17.7 Å². The maximum Gasteiger partial charge on any atom is 0.251 e. The van der Waals surface area contributed by atoms with E-state index in [0.717, 1.165) is 11.1 Å². The number of nitrogens with one attached hydrogen (secondary N) is 1. The molecule has 1 N–H and O–H groups in total. The second-order valence-corrected chi connectivity index (χ2v) is 2.73. The molecular formula is C10H13NO. The Kier molecular flexibility index (Phi) is 2.86. The molecule has 0 aliphatic rings. The summed E-state index contributed by atoms with van der Waals surface area (Å²) in [5.41, 5.74) is 1.84. The lowest BCUT2D eigenvalue weighted by molar-refractivity contribution is 0.0956. The average molecular weight is 163 g/mol. The van der Waals surface area contributed by atoms with Crippen LogP contribution in [0.4, 0.5) is 0 Å². The molecule has 1 aromatic rings. The second-order valence-electron chi connectivity index (χ2n) is 2.73. The van der Waals surface area contributed by atoms with Crippen LogP contribution in [-0.2, 0) is 0 Å². The Labute approximate surface area is 72.6 Å². The zero-order valence-corrected chi connectivity index (χ0v) is 7.42. The fourth-order valence-electron chi connectivity index (χ4n) is 1.05. The molecule has 1 aromatic carbocycles. The molecule has 2 nitrogen and oxygen atoms in total. The summed E-state index contributed by atoms with van der Waals surface area (Å²) in [6.07, 6.45) is 0. The van der Waals surface area contributed by atoms with Gasteiger partial charge in [0.25, 0.3) is 5.91 Å². The summed E-state index contributed by atoms with van der Waals surface area (Å²) in [7, 11) is 0. The molecule has 0 saturated carbocycles. The lowest BCUT2D eigenvalue weighted by atomic mass is 10.1. The van der Waals surface area contributed by atoms with E-state index in [9.17, 15) is 4.79 Å². The molecule has 0 bridgehead atoms. The van der Waals surface area contributed by atoms with Crippen molar-refractivity contribution >= 4 is 5.91 Å². The van der Waals surface area contributed by atoms with E-state index in [2.05, 4.69) is 5.32 Å². The van der Waals surface area contributed by atoms with Gasteiger partial charge in [-0.15, -0.1) is 0 Å². The summed E-state index contributed by atoms with van der Waals surface area (Å²) >= 11 is 0. The van der Waals surface area contributed by atoms with Crippen molar-refractivity contribution in [3.63, 3.8) is 0 Å². The van der Waals surface area contributed by atoms with Crippen molar-refractivity contribution in [2.45, 2.75) is 13.8 Å². The third-order valence-corrected chi connectivity index (χ3v) is 1.62. The molecule has 0 aliphatic heterocycles. The summed E-state index contributed by atoms with van der Waals surface area (Å²) in [4.78, 5) is 11.3. The molecule has 0 radical (unpaired) electrons. The monoisotopic (exact) mass is 163 g/mol. The van der Waals surface area contributed by atoms with Crippen LogP contribution >= 0.6 is 0 Å². The molecule has 1 rings (SSSR count). The topological polar surface area (TPSA) is 29.1 Å². The van der Waals surface area contributed by atoms with Crippen LogP contribution in [0.5, 0.6) is 0 Å². The quantitative estimate of drug-likeness (QED) is 0.707. The maximum absolute atomic E-state index is 11.3. The van der Waals surface area contributed by atoms with Crippen LogP contribution in [0.15, 0.2) is 24.3 Å². The minimum absolute atomic E-state index is 0.00111. The van der Waals surface area contributed by atoms with Crippen molar-refractivity contribution in [2.75, 3.05) is 6.54 Å². The Morgan fingerprint density at radius 3 is 2.83 bits per heavy atom. The van der Waals surface area contributed by atoms with E-state index in [4.69, 9.17) is 0 Å². The zero-order chi connectivity index (χ0) is 8.97. The van der Waals surface area contributed by atoms with Gasteiger partial charge in [0.15, 0.2) is 0 Å². The van der Waals surface area contributed by atoms with Crippen LogP contribution in [0.3, 0.4) is 0 Å². The van der Waals surface area contributed by atoms with Gasteiger partial charge in [0.1, 0.15) is 0 Å². The van der Waals surface area contributed by atoms with Crippen molar-refractivity contribution in [1.82, 2.24) is 5.32 Å². The highest BCUT2D eigenvalue weighted by Gasteiger charge is 2.01. The van der Waals surface area contributed by atoms with Crippen LogP contribution in [0.2, 0.25) is 0 Å². The molecule has 0 aliphatic carbocycles. The van der Waals surface area contributed by atoms with Crippen LogP contribution < -0.4 is 5.32 Å². The van der Waals surface area contributed by atoms with Gasteiger partial charge in [-0.3, -0.25) is 4.79 Å². The molecule has 0 unspecified atom stereocenters. The van der Waals surface area contributed by atoms with E-state index in [0.29, 0.717) is 6.54 Å². The molecule has 1 amide bonds. The summed E-state index contributed by atoms with van der Waals surface area (Å²) in [5, 5.41) is 2.75. The van der Waals surface area contributed by atoms with Gasteiger partial charge in [0.2, 0.25) is 0 Å². The predicted octanol–water partition coefficient (Wildman–Crippen LogP) is 1.74. The van der Waals surface area contributed by atoms with E-state index in [1.165, 1.54) is 0 Å². The van der Waals surface area contributed by atoms with Crippen molar-refractivity contribution in [3.05, 3.63) is 35.4 Å². The smallest absolute Gasteiger partial charge is 0.251 e. The Balaban J connectivity index is 2.81. The van der Waals surface area contributed by atoms with E-state index < -0.39 is 0 Å². The number of carbonyl (C=O) groups is 1. The van der Waals surface area contributed by atoms with Gasteiger partial charge in [-0.2, -0.15) is 0 Å². The molecule has 0 heterocycles. The Morgan fingerprint density at radius 1 is 1.50 bits per heavy atom. The first kappa shape index (κ1) is 8.78. The van der Waals surface area contributed by atoms with Crippen LogP contribution in [0, 0.1) is 6.92 Å². The predicted molar refractivity (Wildman–Crippen MR) is 49.2 cm³/mol. The number of aryl methyl sites for hydroxylation is 1. The van der Waals surface area contributed by atoms with E-state index >= 15 is 0 Å². The molecule has 0 spiro atoms. The first-order chi connectivity index (χ1) is 5.74. The largest absolute Gasteiger partial charge is 0.352 e. The van der Waals surface area contributed by atoms with E-state index in [-0.39, 0.29) is 5.91 Å². The van der Waals surface area contributed by atoms with Crippen molar-refractivity contribution in [1.29, 1.82) is 0 Å². The van der Waals surface area contributed by atoms with Gasteiger partial charge in [-0.25, -0.2) is 0 Å². The SMILES string of the molecule is CCNC(=O)c1cccc(C)c1. The number of hydrogen-bond donors (Lipinski definition) is 1. The van der Waals surface area contributed by atoms with Crippen molar-refractivity contribution < 1.29 is 4.79 Å². The van der Waals surface area contributed by atoms with Crippen LogP contribution in [-0.4, -0.2) is 12.5 Å². The third kappa shape index (κ3) is 2.09. The normalized spacial score (nSPS) is 9.50. The fraction of sp³-hybridized carbons (Fsp3) is 0.300. The van der Waals surface area contributed by atoms with Crippen LogP contribution in [0.1, 0.15) is 22.8 Å². The first-order valence-electron chi connectivity index (χ1n) is 4.09.